The Hall–Kier alpha value is -3.13. The maximum absolute atomic E-state index is 12.9. The van der Waals surface area contributed by atoms with Crippen LogP contribution in [0.15, 0.2) is 42.5 Å². The number of hydrogen-bond donors (Lipinski definition) is 2. The first-order chi connectivity index (χ1) is 12.0. The maximum atomic E-state index is 12.9. The standard InChI is InChI=1S/C16H11ClFN3O4/c17-12-6-5-11(25-15-14(16(22)23)19-21-20-15)7-13(12)24-8-9-1-3-10(18)4-2-9/h1-7H,8H2,(H,22,23)(H,19,20,21). The van der Waals surface area contributed by atoms with Gasteiger partial charge in [-0.2, -0.15) is 0 Å². The Balaban J connectivity index is 1.74. The number of aromatic nitrogens is 3. The molecule has 9 heteroatoms. The lowest BCUT2D eigenvalue weighted by Gasteiger charge is -2.10. The highest BCUT2D eigenvalue weighted by Gasteiger charge is 2.17. The van der Waals surface area contributed by atoms with Crippen LogP contribution in [0.4, 0.5) is 4.39 Å². The normalized spacial score (nSPS) is 10.5. The number of halogens is 2. The summed E-state index contributed by atoms with van der Waals surface area (Å²) in [6.07, 6.45) is 0. The summed E-state index contributed by atoms with van der Waals surface area (Å²) in [6.45, 7) is 0.174. The zero-order valence-electron chi connectivity index (χ0n) is 12.6. The van der Waals surface area contributed by atoms with Crippen molar-refractivity contribution in [3.63, 3.8) is 0 Å². The zero-order valence-corrected chi connectivity index (χ0v) is 13.3. The zero-order chi connectivity index (χ0) is 17.8. The van der Waals surface area contributed by atoms with Gasteiger partial charge in [0, 0.05) is 6.07 Å². The van der Waals surface area contributed by atoms with Crippen molar-refractivity contribution < 1.29 is 23.8 Å². The highest BCUT2D eigenvalue weighted by Crippen LogP contribution is 2.32. The van der Waals surface area contributed by atoms with Gasteiger partial charge in [0.1, 0.15) is 23.9 Å². The summed E-state index contributed by atoms with van der Waals surface area (Å²) >= 11 is 6.08. The highest BCUT2D eigenvalue weighted by atomic mass is 35.5. The summed E-state index contributed by atoms with van der Waals surface area (Å²) in [5, 5.41) is 18.5. The summed E-state index contributed by atoms with van der Waals surface area (Å²) in [6, 6.07) is 10.4. The van der Waals surface area contributed by atoms with Crippen LogP contribution in [0.5, 0.6) is 17.4 Å². The van der Waals surface area contributed by atoms with Gasteiger partial charge >= 0.3 is 5.97 Å². The van der Waals surface area contributed by atoms with Crippen molar-refractivity contribution in [2.75, 3.05) is 0 Å². The van der Waals surface area contributed by atoms with Crippen LogP contribution in [0, 0.1) is 5.82 Å². The predicted octanol–water partition coefficient (Wildman–Crippen LogP) is 3.67. The first kappa shape index (κ1) is 16.7. The largest absolute Gasteiger partial charge is 0.487 e. The van der Waals surface area contributed by atoms with E-state index in [1.54, 1.807) is 12.1 Å². The van der Waals surface area contributed by atoms with Gasteiger partial charge in [-0.15, -0.1) is 0 Å². The third-order valence-corrected chi connectivity index (χ3v) is 3.47. The molecule has 7 nitrogen and oxygen atoms in total. The minimum atomic E-state index is -1.25. The van der Waals surface area contributed by atoms with Gasteiger partial charge < -0.3 is 14.6 Å². The number of rotatable bonds is 6. The first-order valence-electron chi connectivity index (χ1n) is 7.02. The van der Waals surface area contributed by atoms with Crippen molar-refractivity contribution in [3.8, 4) is 17.4 Å². The average Bonchev–Trinajstić information content (AvgIpc) is 3.05. The molecule has 0 aliphatic rings. The van der Waals surface area contributed by atoms with Crippen molar-refractivity contribution >= 4 is 17.6 Å². The van der Waals surface area contributed by atoms with Crippen molar-refractivity contribution in [1.82, 2.24) is 15.4 Å². The molecular weight excluding hydrogens is 353 g/mol. The van der Waals surface area contributed by atoms with Gasteiger partial charge in [-0.1, -0.05) is 34.0 Å². The fourth-order valence-electron chi connectivity index (χ4n) is 1.94. The summed E-state index contributed by atoms with van der Waals surface area (Å²) in [7, 11) is 0. The van der Waals surface area contributed by atoms with Crippen LogP contribution in [0.2, 0.25) is 5.02 Å². The van der Waals surface area contributed by atoms with Gasteiger partial charge in [-0.25, -0.2) is 14.3 Å². The molecule has 0 aliphatic carbocycles. The van der Waals surface area contributed by atoms with Crippen molar-refractivity contribution in [3.05, 3.63) is 64.6 Å². The van der Waals surface area contributed by atoms with Crippen molar-refractivity contribution in [2.45, 2.75) is 6.61 Å². The second-order valence-electron chi connectivity index (χ2n) is 4.91. The van der Waals surface area contributed by atoms with Crippen molar-refractivity contribution in [1.29, 1.82) is 0 Å². The molecule has 0 saturated carbocycles. The van der Waals surface area contributed by atoms with E-state index in [4.69, 9.17) is 26.2 Å². The van der Waals surface area contributed by atoms with Crippen LogP contribution in [-0.4, -0.2) is 26.5 Å². The Labute approximate surface area is 146 Å². The summed E-state index contributed by atoms with van der Waals surface area (Å²) in [4.78, 5) is 11.0. The second-order valence-corrected chi connectivity index (χ2v) is 5.31. The van der Waals surface area contributed by atoms with Gasteiger partial charge in [0.15, 0.2) is 0 Å². The lowest BCUT2D eigenvalue weighted by atomic mass is 10.2. The van der Waals surface area contributed by atoms with Crippen LogP contribution in [0.1, 0.15) is 16.1 Å². The number of carboxylic acids is 1. The number of carbonyl (C=O) groups is 1. The van der Waals surface area contributed by atoms with Gasteiger partial charge in [0.25, 0.3) is 5.88 Å². The number of aromatic carboxylic acids is 1. The van der Waals surface area contributed by atoms with Gasteiger partial charge in [-0.05, 0) is 29.8 Å². The number of nitrogens with one attached hydrogen (secondary N) is 1. The van der Waals surface area contributed by atoms with Crippen LogP contribution >= 0.6 is 11.6 Å². The molecule has 3 aromatic rings. The average molecular weight is 364 g/mol. The summed E-state index contributed by atoms with van der Waals surface area (Å²) in [5.74, 6) is -1.17. The minimum Gasteiger partial charge on any atom is -0.487 e. The Kier molecular flexibility index (Phi) is 4.80. The number of nitrogens with zero attached hydrogens (tertiary/aromatic N) is 2. The van der Waals surface area contributed by atoms with Gasteiger partial charge in [-0.3, -0.25) is 0 Å². The number of benzene rings is 2. The number of carboxylic acid groups (broad SMARTS) is 1. The fourth-order valence-corrected chi connectivity index (χ4v) is 2.11. The van der Waals surface area contributed by atoms with Crippen LogP contribution in [0.25, 0.3) is 0 Å². The van der Waals surface area contributed by atoms with E-state index in [1.165, 1.54) is 30.3 Å². The minimum absolute atomic E-state index is 0.174. The molecule has 3 rings (SSSR count). The number of hydrogen-bond acceptors (Lipinski definition) is 5. The molecular formula is C16H11ClFN3O4. The van der Waals surface area contributed by atoms with E-state index in [0.717, 1.165) is 5.56 Å². The Morgan fingerprint density at radius 3 is 2.72 bits per heavy atom. The summed E-state index contributed by atoms with van der Waals surface area (Å²) in [5.41, 5.74) is 0.484. The molecule has 0 aliphatic heterocycles. The third kappa shape index (κ3) is 4.04. The quantitative estimate of drug-likeness (QED) is 0.693. The molecule has 1 heterocycles. The Morgan fingerprint density at radius 2 is 2.00 bits per heavy atom. The Morgan fingerprint density at radius 1 is 1.24 bits per heavy atom. The number of ether oxygens (including phenoxy) is 2. The molecule has 0 radical (unpaired) electrons. The van der Waals surface area contributed by atoms with E-state index < -0.39 is 5.97 Å². The Bertz CT molecular complexity index is 899. The van der Waals surface area contributed by atoms with Gasteiger partial charge in [0.05, 0.1) is 5.02 Å². The maximum Gasteiger partial charge on any atom is 0.359 e. The molecule has 0 bridgehead atoms. The topological polar surface area (TPSA) is 97.3 Å². The van der Waals surface area contributed by atoms with E-state index in [0.29, 0.717) is 10.8 Å². The summed E-state index contributed by atoms with van der Waals surface area (Å²) < 4.78 is 23.9. The highest BCUT2D eigenvalue weighted by molar-refractivity contribution is 6.32. The lowest BCUT2D eigenvalue weighted by Crippen LogP contribution is -2.00. The van der Waals surface area contributed by atoms with Crippen LogP contribution in [0.3, 0.4) is 0 Å². The molecule has 2 N–H and O–H groups in total. The third-order valence-electron chi connectivity index (χ3n) is 3.16. The monoisotopic (exact) mass is 363 g/mol. The molecule has 25 heavy (non-hydrogen) atoms. The molecule has 0 fully saturated rings. The molecule has 1 aromatic heterocycles. The van der Waals surface area contributed by atoms with Crippen molar-refractivity contribution in [2.24, 2.45) is 0 Å². The predicted molar refractivity (Wildman–Crippen MR) is 85.6 cm³/mol. The van der Waals surface area contributed by atoms with Crippen LogP contribution in [-0.2, 0) is 6.61 Å². The van der Waals surface area contributed by atoms with E-state index in [9.17, 15) is 9.18 Å². The number of aromatic amines is 1. The SMILES string of the molecule is O=C(O)c1[nH]nnc1Oc1ccc(Cl)c(OCc2ccc(F)cc2)c1. The van der Waals surface area contributed by atoms with E-state index >= 15 is 0 Å². The second kappa shape index (κ2) is 7.18. The molecule has 128 valence electrons. The fraction of sp³-hybridized carbons (Fsp3) is 0.0625. The van der Waals surface area contributed by atoms with Crippen LogP contribution < -0.4 is 9.47 Å². The number of H-pyrrole nitrogens is 1. The van der Waals surface area contributed by atoms with E-state index in [-0.39, 0.29) is 29.7 Å². The molecule has 0 amide bonds. The molecule has 0 unspecified atom stereocenters. The smallest absolute Gasteiger partial charge is 0.359 e. The molecule has 0 spiro atoms. The van der Waals surface area contributed by atoms with Gasteiger partial charge in [0.2, 0.25) is 5.69 Å². The van der Waals surface area contributed by atoms with E-state index in [2.05, 4.69) is 15.4 Å². The first-order valence-corrected chi connectivity index (χ1v) is 7.39. The molecule has 2 aromatic carbocycles. The lowest BCUT2D eigenvalue weighted by molar-refractivity contribution is 0.0687. The molecule has 0 saturated heterocycles. The molecule has 0 atom stereocenters. The van der Waals surface area contributed by atoms with E-state index in [1.807, 2.05) is 0 Å².